The van der Waals surface area contributed by atoms with Gasteiger partial charge in [0.2, 0.25) is 5.92 Å². The predicted molar refractivity (Wildman–Crippen MR) is 81.5 cm³/mol. The van der Waals surface area contributed by atoms with Gasteiger partial charge >= 0.3 is 5.97 Å². The third kappa shape index (κ3) is 11.5. The molecule has 0 amide bonds. The Morgan fingerprint density at radius 1 is 1.20 bits per heavy atom. The lowest BCUT2D eigenvalue weighted by molar-refractivity contribution is -0.142. The Morgan fingerprint density at radius 3 is 2.45 bits per heavy atom. The van der Waals surface area contributed by atoms with Gasteiger partial charge < -0.3 is 4.74 Å². The first-order valence-corrected chi connectivity index (χ1v) is 8.61. The first-order valence-electron chi connectivity index (χ1n) is 7.56. The van der Waals surface area contributed by atoms with E-state index in [2.05, 4.69) is 6.92 Å². The highest BCUT2D eigenvalue weighted by molar-refractivity contribution is 8.00. The summed E-state index contributed by atoms with van der Waals surface area (Å²) in [6.45, 7) is 5.27. The van der Waals surface area contributed by atoms with E-state index in [0.717, 1.165) is 44.8 Å². The molecule has 0 saturated carbocycles. The van der Waals surface area contributed by atoms with Crippen molar-refractivity contribution in [2.45, 2.75) is 76.9 Å². The standard InChI is InChI=1S/C15H28F2O2S/c1-4-6-7-10-13(14(18)19-5-2)20-12-9-8-11-15(3,16)17/h13H,4-12H2,1-3H3. The van der Waals surface area contributed by atoms with E-state index < -0.39 is 5.92 Å². The van der Waals surface area contributed by atoms with Crippen molar-refractivity contribution in [1.29, 1.82) is 0 Å². The number of carbonyl (C=O) groups is 1. The van der Waals surface area contributed by atoms with Gasteiger partial charge in [0.25, 0.3) is 0 Å². The lowest BCUT2D eigenvalue weighted by Gasteiger charge is -2.15. The third-order valence-corrected chi connectivity index (χ3v) is 4.30. The summed E-state index contributed by atoms with van der Waals surface area (Å²) in [5, 5.41) is -0.136. The van der Waals surface area contributed by atoms with Gasteiger partial charge in [0, 0.05) is 6.42 Å². The van der Waals surface area contributed by atoms with Crippen LogP contribution in [0.15, 0.2) is 0 Å². The number of rotatable bonds is 12. The van der Waals surface area contributed by atoms with Gasteiger partial charge in [-0.1, -0.05) is 26.2 Å². The van der Waals surface area contributed by atoms with E-state index in [4.69, 9.17) is 4.74 Å². The Kier molecular flexibility index (Phi) is 11.2. The van der Waals surface area contributed by atoms with Crippen molar-refractivity contribution in [1.82, 2.24) is 0 Å². The predicted octanol–water partition coefficient (Wildman–Crippen LogP) is 5.06. The van der Waals surface area contributed by atoms with Gasteiger partial charge in [-0.2, -0.15) is 0 Å². The number of thioether (sulfide) groups is 1. The van der Waals surface area contributed by atoms with E-state index in [-0.39, 0.29) is 17.6 Å². The van der Waals surface area contributed by atoms with Gasteiger partial charge in [-0.05, 0) is 38.9 Å². The van der Waals surface area contributed by atoms with Crippen molar-refractivity contribution in [2.75, 3.05) is 12.4 Å². The highest BCUT2D eigenvalue weighted by Crippen LogP contribution is 2.24. The molecule has 0 aliphatic carbocycles. The summed E-state index contributed by atoms with van der Waals surface area (Å²) < 4.78 is 30.4. The van der Waals surface area contributed by atoms with Crippen LogP contribution in [-0.2, 0) is 9.53 Å². The molecule has 0 bridgehead atoms. The van der Waals surface area contributed by atoms with Crippen LogP contribution in [0.25, 0.3) is 0 Å². The van der Waals surface area contributed by atoms with Crippen LogP contribution in [0.3, 0.4) is 0 Å². The van der Waals surface area contributed by atoms with Crippen molar-refractivity contribution in [3.8, 4) is 0 Å². The first kappa shape index (κ1) is 19.7. The number of carbonyl (C=O) groups excluding carboxylic acids is 1. The van der Waals surface area contributed by atoms with Crippen LogP contribution in [0.2, 0.25) is 0 Å². The monoisotopic (exact) mass is 310 g/mol. The molecule has 0 aromatic rings. The fourth-order valence-electron chi connectivity index (χ4n) is 1.85. The van der Waals surface area contributed by atoms with Crippen molar-refractivity contribution >= 4 is 17.7 Å². The van der Waals surface area contributed by atoms with Gasteiger partial charge in [0.15, 0.2) is 0 Å². The van der Waals surface area contributed by atoms with Gasteiger partial charge in [-0.25, -0.2) is 8.78 Å². The molecule has 0 aromatic heterocycles. The Labute approximate surface area is 126 Å². The first-order chi connectivity index (χ1) is 9.40. The van der Waals surface area contributed by atoms with Crippen LogP contribution >= 0.6 is 11.8 Å². The lowest BCUT2D eigenvalue weighted by Crippen LogP contribution is -2.21. The zero-order chi connectivity index (χ0) is 15.4. The maximum Gasteiger partial charge on any atom is 0.319 e. The quantitative estimate of drug-likeness (QED) is 0.372. The molecule has 120 valence electrons. The van der Waals surface area contributed by atoms with Crippen LogP contribution in [0.4, 0.5) is 8.78 Å². The smallest absolute Gasteiger partial charge is 0.319 e. The molecule has 0 saturated heterocycles. The molecular weight excluding hydrogens is 282 g/mol. The van der Waals surface area contributed by atoms with Crippen LogP contribution in [-0.4, -0.2) is 29.5 Å². The SMILES string of the molecule is CCCCCC(SCCCCC(C)(F)F)C(=O)OCC. The van der Waals surface area contributed by atoms with E-state index in [0.29, 0.717) is 13.0 Å². The van der Waals surface area contributed by atoms with Gasteiger partial charge in [0.05, 0.1) is 6.61 Å². The summed E-state index contributed by atoms with van der Waals surface area (Å²) >= 11 is 1.55. The second-order valence-electron chi connectivity index (χ2n) is 5.13. The fourth-order valence-corrected chi connectivity index (χ4v) is 3.04. The molecule has 2 nitrogen and oxygen atoms in total. The molecule has 0 fully saturated rings. The zero-order valence-corrected chi connectivity index (χ0v) is 13.7. The number of ether oxygens (including phenoxy) is 1. The van der Waals surface area contributed by atoms with Gasteiger partial charge in [-0.15, -0.1) is 11.8 Å². The number of hydrogen-bond acceptors (Lipinski definition) is 3. The second kappa shape index (κ2) is 11.4. The maximum absolute atomic E-state index is 12.7. The summed E-state index contributed by atoms with van der Waals surface area (Å²) in [6.07, 6.45) is 5.21. The molecule has 0 N–H and O–H groups in total. The molecule has 0 aliphatic heterocycles. The summed E-state index contributed by atoms with van der Waals surface area (Å²) in [7, 11) is 0. The Balaban J connectivity index is 3.93. The third-order valence-electron chi connectivity index (χ3n) is 2.95. The Morgan fingerprint density at radius 2 is 1.90 bits per heavy atom. The average molecular weight is 310 g/mol. The van der Waals surface area contributed by atoms with E-state index in [1.165, 1.54) is 0 Å². The van der Waals surface area contributed by atoms with Crippen LogP contribution < -0.4 is 0 Å². The second-order valence-corrected chi connectivity index (χ2v) is 6.45. The summed E-state index contributed by atoms with van der Waals surface area (Å²) in [5.41, 5.74) is 0. The minimum atomic E-state index is -2.58. The zero-order valence-electron chi connectivity index (χ0n) is 12.9. The minimum absolute atomic E-state index is 0.0759. The maximum atomic E-state index is 12.7. The van der Waals surface area contributed by atoms with Gasteiger partial charge in [-0.3, -0.25) is 4.79 Å². The van der Waals surface area contributed by atoms with Gasteiger partial charge in [0.1, 0.15) is 5.25 Å². The summed E-state index contributed by atoms with van der Waals surface area (Å²) in [4.78, 5) is 11.8. The van der Waals surface area contributed by atoms with Crippen molar-refractivity contribution in [3.63, 3.8) is 0 Å². The van der Waals surface area contributed by atoms with E-state index in [1.54, 1.807) is 18.7 Å². The fraction of sp³-hybridized carbons (Fsp3) is 0.933. The highest BCUT2D eigenvalue weighted by atomic mass is 32.2. The number of alkyl halides is 2. The lowest BCUT2D eigenvalue weighted by atomic mass is 10.1. The summed E-state index contributed by atoms with van der Waals surface area (Å²) in [6, 6.07) is 0. The van der Waals surface area contributed by atoms with E-state index >= 15 is 0 Å². The molecule has 0 heterocycles. The van der Waals surface area contributed by atoms with Crippen LogP contribution in [0.1, 0.15) is 65.7 Å². The Bertz CT molecular complexity index is 255. The normalized spacial score (nSPS) is 13.2. The molecule has 0 aromatic carbocycles. The number of unbranched alkanes of at least 4 members (excludes halogenated alkanes) is 3. The van der Waals surface area contributed by atoms with Crippen molar-refractivity contribution in [2.24, 2.45) is 0 Å². The molecule has 1 atom stereocenters. The van der Waals surface area contributed by atoms with E-state index in [1.807, 2.05) is 0 Å². The molecule has 1 unspecified atom stereocenters. The Hall–Kier alpha value is -0.320. The molecule has 20 heavy (non-hydrogen) atoms. The van der Waals surface area contributed by atoms with Crippen LogP contribution in [0.5, 0.6) is 0 Å². The average Bonchev–Trinajstić information content (AvgIpc) is 2.35. The van der Waals surface area contributed by atoms with Crippen molar-refractivity contribution < 1.29 is 18.3 Å². The molecule has 0 radical (unpaired) electrons. The number of esters is 1. The summed E-state index contributed by atoms with van der Waals surface area (Å²) in [5.74, 6) is -1.99. The molecule has 5 heteroatoms. The highest BCUT2D eigenvalue weighted by Gasteiger charge is 2.21. The largest absolute Gasteiger partial charge is 0.465 e. The minimum Gasteiger partial charge on any atom is -0.465 e. The van der Waals surface area contributed by atoms with E-state index in [9.17, 15) is 13.6 Å². The topological polar surface area (TPSA) is 26.3 Å². The molecular formula is C15H28F2O2S. The molecule has 0 aliphatic rings. The molecule has 0 rings (SSSR count). The number of halogens is 2. The van der Waals surface area contributed by atoms with Crippen molar-refractivity contribution in [3.05, 3.63) is 0 Å². The number of hydrogen-bond donors (Lipinski definition) is 0. The van der Waals surface area contributed by atoms with Crippen LogP contribution in [0, 0.1) is 0 Å². The molecule has 0 spiro atoms.